The van der Waals surface area contributed by atoms with E-state index in [2.05, 4.69) is 4.90 Å². The van der Waals surface area contributed by atoms with Gasteiger partial charge in [-0.3, -0.25) is 14.5 Å². The predicted octanol–water partition coefficient (Wildman–Crippen LogP) is 3.28. The Balaban J connectivity index is 1.46. The van der Waals surface area contributed by atoms with Crippen LogP contribution in [-0.2, 0) is 4.79 Å². The number of rotatable bonds is 6. The third kappa shape index (κ3) is 4.55. The zero-order valence-corrected chi connectivity index (χ0v) is 18.6. The summed E-state index contributed by atoms with van der Waals surface area (Å²) in [5.41, 5.74) is 8.24. The van der Waals surface area contributed by atoms with E-state index in [4.69, 9.17) is 22.1 Å². The Morgan fingerprint density at radius 1 is 1.13 bits per heavy atom. The van der Waals surface area contributed by atoms with Gasteiger partial charge in [0.15, 0.2) is 0 Å². The second-order valence-corrected chi connectivity index (χ2v) is 9.02. The summed E-state index contributed by atoms with van der Waals surface area (Å²) in [4.78, 5) is 29.0. The summed E-state index contributed by atoms with van der Waals surface area (Å²) in [7, 11) is 1.60. The Bertz CT molecular complexity index is 982. The fourth-order valence-corrected chi connectivity index (χ4v) is 5.04. The van der Waals surface area contributed by atoms with Gasteiger partial charge in [-0.25, -0.2) is 0 Å². The molecule has 6 nitrogen and oxygen atoms in total. The average Bonchev–Trinajstić information content (AvgIpc) is 3.33. The van der Waals surface area contributed by atoms with E-state index in [1.54, 1.807) is 13.2 Å². The third-order valence-electron chi connectivity index (χ3n) is 6.53. The normalized spacial score (nSPS) is 21.7. The lowest BCUT2D eigenvalue weighted by molar-refractivity contribution is -0.119. The molecular formula is C24H28ClN3O3. The van der Waals surface area contributed by atoms with Crippen molar-refractivity contribution in [2.45, 2.75) is 19.4 Å². The summed E-state index contributed by atoms with van der Waals surface area (Å²) in [5, 5.41) is 0.696. The molecule has 2 heterocycles. The second kappa shape index (κ2) is 8.89. The molecule has 2 aromatic carbocycles. The summed E-state index contributed by atoms with van der Waals surface area (Å²) in [6, 6.07) is 13.1. The highest BCUT2D eigenvalue weighted by Gasteiger charge is 2.44. The number of nitrogens with two attached hydrogens (primary N) is 1. The molecule has 3 atom stereocenters. The van der Waals surface area contributed by atoms with E-state index in [0.717, 1.165) is 37.3 Å². The zero-order chi connectivity index (χ0) is 22.1. The van der Waals surface area contributed by atoms with Gasteiger partial charge in [-0.1, -0.05) is 29.8 Å². The standard InChI is InChI=1S/C24H28ClN3O3/c1-15-6-7-16(9-21(15)25)22(10-23(26)29)27-11-18-13-28(14-19(18)12-27)24(30)17-4-3-5-20(8-17)31-2/h3-9,18-19,22H,10-14H2,1-2H3,(H2,26,29). The highest BCUT2D eigenvalue weighted by Crippen LogP contribution is 2.38. The zero-order valence-electron chi connectivity index (χ0n) is 17.9. The molecule has 2 aromatic rings. The van der Waals surface area contributed by atoms with Crippen LogP contribution in [0.3, 0.4) is 0 Å². The topological polar surface area (TPSA) is 75.9 Å². The molecule has 0 aliphatic carbocycles. The van der Waals surface area contributed by atoms with Crippen LogP contribution >= 0.6 is 11.6 Å². The molecule has 4 rings (SSSR count). The Hall–Kier alpha value is -2.57. The lowest BCUT2D eigenvalue weighted by atomic mass is 10.0. The minimum Gasteiger partial charge on any atom is -0.497 e. The van der Waals surface area contributed by atoms with Gasteiger partial charge in [-0.15, -0.1) is 0 Å². The highest BCUT2D eigenvalue weighted by molar-refractivity contribution is 6.31. The van der Waals surface area contributed by atoms with Gasteiger partial charge in [-0.05, 0) is 54.2 Å². The predicted molar refractivity (Wildman–Crippen MR) is 120 cm³/mol. The third-order valence-corrected chi connectivity index (χ3v) is 6.94. The maximum Gasteiger partial charge on any atom is 0.254 e. The van der Waals surface area contributed by atoms with Crippen molar-refractivity contribution < 1.29 is 14.3 Å². The van der Waals surface area contributed by atoms with E-state index in [9.17, 15) is 9.59 Å². The number of ether oxygens (including phenoxy) is 1. The molecule has 2 fully saturated rings. The number of fused-ring (bicyclic) bond motifs is 1. The van der Waals surface area contributed by atoms with Crippen molar-refractivity contribution in [2.75, 3.05) is 33.3 Å². The molecule has 164 valence electrons. The van der Waals surface area contributed by atoms with Gasteiger partial charge in [-0.2, -0.15) is 0 Å². The first-order valence-corrected chi connectivity index (χ1v) is 10.9. The number of benzene rings is 2. The number of nitrogens with zero attached hydrogens (tertiary/aromatic N) is 2. The van der Waals surface area contributed by atoms with Crippen LogP contribution in [0, 0.1) is 18.8 Å². The molecule has 0 aromatic heterocycles. The number of hydrogen-bond donors (Lipinski definition) is 1. The Morgan fingerprint density at radius 3 is 2.45 bits per heavy atom. The van der Waals surface area contributed by atoms with E-state index >= 15 is 0 Å². The van der Waals surface area contributed by atoms with Gasteiger partial charge in [0.25, 0.3) is 5.91 Å². The van der Waals surface area contributed by atoms with Crippen LogP contribution in [-0.4, -0.2) is 54.9 Å². The summed E-state index contributed by atoms with van der Waals surface area (Å²) in [6.07, 6.45) is 0.255. The highest BCUT2D eigenvalue weighted by atomic mass is 35.5. The average molecular weight is 442 g/mol. The monoisotopic (exact) mass is 441 g/mol. The van der Waals surface area contributed by atoms with Crippen LogP contribution in [0.5, 0.6) is 5.75 Å². The van der Waals surface area contributed by atoms with Crippen LogP contribution in [0.2, 0.25) is 5.02 Å². The first-order valence-electron chi connectivity index (χ1n) is 10.6. The van der Waals surface area contributed by atoms with E-state index < -0.39 is 0 Å². The van der Waals surface area contributed by atoms with Crippen molar-refractivity contribution in [3.8, 4) is 5.75 Å². The number of halogens is 1. The minimum absolute atomic E-state index is 0.0406. The maximum absolute atomic E-state index is 13.0. The molecule has 2 aliphatic rings. The van der Waals surface area contributed by atoms with Gasteiger partial charge in [0, 0.05) is 49.2 Å². The van der Waals surface area contributed by atoms with Crippen LogP contribution < -0.4 is 10.5 Å². The number of primary amides is 1. The van der Waals surface area contributed by atoms with E-state index in [1.807, 2.05) is 48.2 Å². The lowest BCUT2D eigenvalue weighted by Gasteiger charge is -2.29. The molecule has 2 aliphatic heterocycles. The van der Waals surface area contributed by atoms with Crippen molar-refractivity contribution in [2.24, 2.45) is 17.6 Å². The van der Waals surface area contributed by atoms with Gasteiger partial charge < -0.3 is 15.4 Å². The number of amides is 2. The molecule has 7 heteroatoms. The fourth-order valence-electron chi connectivity index (χ4n) is 4.85. The van der Waals surface area contributed by atoms with Crippen LogP contribution in [0.15, 0.2) is 42.5 Å². The SMILES string of the molecule is COc1cccc(C(=O)N2CC3CN(C(CC(N)=O)c4ccc(C)c(Cl)c4)CC3C2)c1. The Labute approximate surface area is 187 Å². The molecular weight excluding hydrogens is 414 g/mol. The number of carbonyl (C=O) groups is 2. The Morgan fingerprint density at radius 2 is 1.84 bits per heavy atom. The second-order valence-electron chi connectivity index (χ2n) is 8.61. The van der Waals surface area contributed by atoms with Crippen LogP contribution in [0.4, 0.5) is 0 Å². The summed E-state index contributed by atoms with van der Waals surface area (Å²) in [5.74, 6) is 1.16. The number of likely N-dealkylation sites (tertiary alicyclic amines) is 2. The molecule has 2 saturated heterocycles. The first-order chi connectivity index (χ1) is 14.9. The van der Waals surface area contributed by atoms with Crippen molar-refractivity contribution in [3.05, 3.63) is 64.2 Å². The van der Waals surface area contributed by atoms with Gasteiger partial charge >= 0.3 is 0 Å². The number of methoxy groups -OCH3 is 1. The van der Waals surface area contributed by atoms with Crippen molar-refractivity contribution >= 4 is 23.4 Å². The quantitative estimate of drug-likeness (QED) is 0.746. The van der Waals surface area contributed by atoms with Gasteiger partial charge in [0.1, 0.15) is 5.75 Å². The summed E-state index contributed by atoms with van der Waals surface area (Å²) >= 11 is 6.34. The number of aryl methyl sites for hydroxylation is 1. The molecule has 31 heavy (non-hydrogen) atoms. The Kier molecular flexibility index (Phi) is 6.21. The largest absolute Gasteiger partial charge is 0.497 e. The number of carbonyl (C=O) groups excluding carboxylic acids is 2. The van der Waals surface area contributed by atoms with Crippen LogP contribution in [0.25, 0.3) is 0 Å². The summed E-state index contributed by atoms with van der Waals surface area (Å²) in [6.45, 7) is 5.06. The first kappa shape index (κ1) is 21.7. The van der Waals surface area contributed by atoms with Crippen LogP contribution in [0.1, 0.15) is 33.9 Å². The van der Waals surface area contributed by atoms with Crippen molar-refractivity contribution in [1.82, 2.24) is 9.80 Å². The van der Waals surface area contributed by atoms with Crippen molar-refractivity contribution in [3.63, 3.8) is 0 Å². The molecule has 0 radical (unpaired) electrons. The molecule has 2 N–H and O–H groups in total. The summed E-state index contributed by atoms with van der Waals surface area (Å²) < 4.78 is 5.25. The van der Waals surface area contributed by atoms with E-state index in [1.165, 1.54) is 0 Å². The van der Waals surface area contributed by atoms with E-state index in [-0.39, 0.29) is 24.3 Å². The molecule has 0 saturated carbocycles. The fraction of sp³-hybridized carbons (Fsp3) is 0.417. The molecule has 0 bridgehead atoms. The minimum atomic E-state index is -0.325. The van der Waals surface area contributed by atoms with Crippen molar-refractivity contribution in [1.29, 1.82) is 0 Å². The van der Waals surface area contributed by atoms with Gasteiger partial charge in [0.05, 0.1) is 7.11 Å². The smallest absolute Gasteiger partial charge is 0.254 e. The van der Waals surface area contributed by atoms with Gasteiger partial charge in [0.2, 0.25) is 5.91 Å². The molecule has 2 amide bonds. The molecule has 0 spiro atoms. The lowest BCUT2D eigenvalue weighted by Crippen LogP contribution is -2.36. The molecule has 3 unspecified atom stereocenters. The maximum atomic E-state index is 13.0. The number of hydrogen-bond acceptors (Lipinski definition) is 4. The van der Waals surface area contributed by atoms with E-state index in [0.29, 0.717) is 28.2 Å².